The van der Waals surface area contributed by atoms with Crippen LogP contribution in [0.3, 0.4) is 0 Å². The van der Waals surface area contributed by atoms with E-state index >= 15 is 0 Å². The predicted molar refractivity (Wildman–Crippen MR) is 168 cm³/mol. The van der Waals surface area contributed by atoms with Gasteiger partial charge in [0.2, 0.25) is 8.32 Å². The highest BCUT2D eigenvalue weighted by molar-refractivity contribution is 6.78. The van der Waals surface area contributed by atoms with Crippen molar-refractivity contribution in [3.05, 3.63) is 0 Å². The molecule has 0 bridgehead atoms. The summed E-state index contributed by atoms with van der Waals surface area (Å²) in [5, 5.41) is 0. The van der Waals surface area contributed by atoms with Crippen LogP contribution in [-0.4, -0.2) is 64.3 Å². The SMILES string of the molecule is CCO[Si](C)(CCCOCC(CO[Si](C(C)C)(C(C)C)C(C)C)O[Si](C(C)C)(C(C)C)C(C)C)OCC. The lowest BCUT2D eigenvalue weighted by molar-refractivity contribution is 0.0125. The summed E-state index contributed by atoms with van der Waals surface area (Å²) in [5.41, 5.74) is 3.24. The van der Waals surface area contributed by atoms with Crippen molar-refractivity contribution in [3.8, 4) is 0 Å². The van der Waals surface area contributed by atoms with Crippen LogP contribution in [0.25, 0.3) is 0 Å². The van der Waals surface area contributed by atoms with Crippen molar-refractivity contribution in [2.75, 3.05) is 33.0 Å². The van der Waals surface area contributed by atoms with Gasteiger partial charge in [0.25, 0.3) is 0 Å². The molecule has 0 amide bonds. The Morgan fingerprint density at radius 2 is 0.946 bits per heavy atom. The topological polar surface area (TPSA) is 46.2 Å². The Labute approximate surface area is 235 Å². The molecule has 0 aromatic rings. The number of rotatable bonds is 21. The van der Waals surface area contributed by atoms with Crippen molar-refractivity contribution in [1.29, 1.82) is 0 Å². The molecule has 8 heteroatoms. The molecule has 224 valence electrons. The van der Waals surface area contributed by atoms with Crippen LogP contribution in [0.15, 0.2) is 0 Å². The minimum Gasteiger partial charge on any atom is -0.413 e. The van der Waals surface area contributed by atoms with Crippen molar-refractivity contribution in [2.45, 2.75) is 155 Å². The third-order valence-corrected chi connectivity index (χ3v) is 23.7. The second-order valence-electron chi connectivity index (χ2n) is 12.9. The molecule has 0 heterocycles. The van der Waals surface area contributed by atoms with Crippen LogP contribution in [-0.2, 0) is 22.4 Å². The van der Waals surface area contributed by atoms with Crippen LogP contribution < -0.4 is 0 Å². The lowest BCUT2D eigenvalue weighted by Crippen LogP contribution is -2.54. The minimum absolute atomic E-state index is 0.0376. The molecular weight excluding hydrogens is 513 g/mol. The van der Waals surface area contributed by atoms with Crippen molar-refractivity contribution < 1.29 is 22.4 Å². The molecule has 0 saturated carbocycles. The lowest BCUT2D eigenvalue weighted by atomic mass is 10.4. The fourth-order valence-electron chi connectivity index (χ4n) is 7.06. The molecule has 1 atom stereocenters. The maximum atomic E-state index is 7.25. The van der Waals surface area contributed by atoms with Crippen molar-refractivity contribution in [3.63, 3.8) is 0 Å². The van der Waals surface area contributed by atoms with Gasteiger partial charge in [0.1, 0.15) is 0 Å². The van der Waals surface area contributed by atoms with Crippen LogP contribution in [0.4, 0.5) is 0 Å². The standard InChI is InChI=1S/C29H66O5Si3/c1-16-31-35(15,32-17-2)20-18-19-30-21-29(34-37(26(9)10,27(11)12)28(13)14)22-33-36(23(3)4,24(5)6)25(7)8/h23-29H,16-22H2,1-15H3. The van der Waals surface area contributed by atoms with Gasteiger partial charge in [0.05, 0.1) is 19.3 Å². The molecule has 0 spiro atoms. The molecule has 0 aliphatic carbocycles. The van der Waals surface area contributed by atoms with E-state index in [1.54, 1.807) is 0 Å². The molecule has 0 fully saturated rings. The molecule has 0 aromatic carbocycles. The third-order valence-electron chi connectivity index (χ3n) is 8.43. The molecule has 1 unspecified atom stereocenters. The maximum Gasteiger partial charge on any atom is 0.334 e. The number of hydrogen-bond acceptors (Lipinski definition) is 5. The third kappa shape index (κ3) is 10.4. The summed E-state index contributed by atoms with van der Waals surface area (Å²) in [4.78, 5) is 0. The zero-order valence-electron chi connectivity index (χ0n) is 27.5. The summed E-state index contributed by atoms with van der Waals surface area (Å²) in [6.07, 6.45) is 0.907. The van der Waals surface area contributed by atoms with E-state index in [0.717, 1.165) is 12.5 Å². The normalized spacial score (nSPS) is 14.8. The molecule has 0 saturated heterocycles. The Morgan fingerprint density at radius 3 is 1.30 bits per heavy atom. The summed E-state index contributed by atoms with van der Waals surface area (Å²) < 4.78 is 32.7. The summed E-state index contributed by atoms with van der Waals surface area (Å²) in [6, 6.07) is 0.948. The second-order valence-corrected chi connectivity index (χ2v) is 27.1. The Hall–Kier alpha value is 0.451. The molecule has 0 radical (unpaired) electrons. The summed E-state index contributed by atoms with van der Waals surface area (Å²) in [6.45, 7) is 37.8. The highest BCUT2D eigenvalue weighted by atomic mass is 28.4. The average molecular weight is 579 g/mol. The molecule has 37 heavy (non-hydrogen) atoms. The Morgan fingerprint density at radius 1 is 0.541 bits per heavy atom. The van der Waals surface area contributed by atoms with E-state index in [-0.39, 0.29) is 6.10 Å². The first-order chi connectivity index (χ1) is 17.1. The van der Waals surface area contributed by atoms with E-state index in [9.17, 15) is 0 Å². The van der Waals surface area contributed by atoms with Gasteiger partial charge in [-0.3, -0.25) is 0 Å². The van der Waals surface area contributed by atoms with Crippen LogP contribution in [0.1, 0.15) is 103 Å². The lowest BCUT2D eigenvalue weighted by Gasteiger charge is -2.46. The van der Waals surface area contributed by atoms with E-state index in [1.165, 1.54) is 0 Å². The van der Waals surface area contributed by atoms with Gasteiger partial charge in [-0.05, 0) is 66.1 Å². The van der Waals surface area contributed by atoms with Crippen LogP contribution in [0, 0.1) is 0 Å². The summed E-state index contributed by atoms with van der Waals surface area (Å²) >= 11 is 0. The first kappa shape index (κ1) is 37.5. The fourth-order valence-corrected chi connectivity index (χ4v) is 20.4. The Balaban J connectivity index is 5.72. The Bertz CT molecular complexity index is 547. The zero-order valence-corrected chi connectivity index (χ0v) is 30.5. The predicted octanol–water partition coefficient (Wildman–Crippen LogP) is 9.29. The van der Waals surface area contributed by atoms with Crippen LogP contribution in [0.2, 0.25) is 45.8 Å². The smallest absolute Gasteiger partial charge is 0.334 e. The molecule has 5 nitrogen and oxygen atoms in total. The van der Waals surface area contributed by atoms with Crippen molar-refractivity contribution >= 4 is 25.2 Å². The molecule has 0 aliphatic heterocycles. The molecular formula is C29H66O5Si3. The number of hydrogen-bond donors (Lipinski definition) is 0. The molecule has 0 rings (SSSR count). The van der Waals surface area contributed by atoms with E-state index in [4.69, 9.17) is 22.4 Å². The second kappa shape index (κ2) is 17.3. The van der Waals surface area contributed by atoms with Gasteiger partial charge in [0.15, 0.2) is 8.32 Å². The van der Waals surface area contributed by atoms with E-state index in [2.05, 4.69) is 89.6 Å². The molecule has 0 aliphatic rings. The van der Waals surface area contributed by atoms with Gasteiger partial charge in [-0.15, -0.1) is 0 Å². The monoisotopic (exact) mass is 578 g/mol. The fraction of sp³-hybridized carbons (Fsp3) is 1.00. The summed E-state index contributed by atoms with van der Waals surface area (Å²) in [5.74, 6) is 0. The molecule has 0 aromatic heterocycles. The van der Waals surface area contributed by atoms with Gasteiger partial charge < -0.3 is 22.4 Å². The van der Waals surface area contributed by atoms with Gasteiger partial charge in [-0.25, -0.2) is 0 Å². The Kier molecular flexibility index (Phi) is 17.5. The van der Waals surface area contributed by atoms with Gasteiger partial charge in [-0.2, -0.15) is 0 Å². The summed E-state index contributed by atoms with van der Waals surface area (Å²) in [7, 11) is -6.17. The first-order valence-corrected chi connectivity index (χ1v) is 22.0. The number of ether oxygens (including phenoxy) is 1. The highest BCUT2D eigenvalue weighted by Crippen LogP contribution is 2.45. The van der Waals surface area contributed by atoms with Crippen LogP contribution >= 0.6 is 0 Å². The van der Waals surface area contributed by atoms with E-state index < -0.39 is 25.2 Å². The van der Waals surface area contributed by atoms with E-state index in [1.807, 2.05) is 13.8 Å². The maximum absolute atomic E-state index is 7.25. The quantitative estimate of drug-likeness (QED) is 0.100. The first-order valence-electron chi connectivity index (χ1n) is 15.2. The zero-order chi connectivity index (χ0) is 29.0. The van der Waals surface area contributed by atoms with Crippen LogP contribution in [0.5, 0.6) is 0 Å². The van der Waals surface area contributed by atoms with E-state index in [0.29, 0.717) is 66.3 Å². The van der Waals surface area contributed by atoms with Gasteiger partial charge in [0, 0.05) is 19.8 Å². The van der Waals surface area contributed by atoms with Gasteiger partial charge in [-0.1, -0.05) is 83.1 Å². The van der Waals surface area contributed by atoms with Crippen molar-refractivity contribution in [2.24, 2.45) is 0 Å². The average Bonchev–Trinajstić information content (AvgIpc) is 2.75. The van der Waals surface area contributed by atoms with Crippen molar-refractivity contribution in [1.82, 2.24) is 0 Å². The minimum atomic E-state index is -2.11. The van der Waals surface area contributed by atoms with Gasteiger partial charge >= 0.3 is 8.56 Å². The largest absolute Gasteiger partial charge is 0.413 e. The highest BCUT2D eigenvalue weighted by Gasteiger charge is 2.49. The molecule has 0 N–H and O–H groups in total.